The van der Waals surface area contributed by atoms with Gasteiger partial charge in [-0.15, -0.1) is 0 Å². The standard InChI is InChI=1S/C22H25N3O/c1-16(2)20-10-8-18(9-11-20)14-22(26)23-21-12-13-25(24-21)15-19-6-4-17(3)5-7-19/h4-13,16H,14-15H2,1-3H3,(H,23,24,26). The molecule has 1 amide bonds. The molecule has 0 spiro atoms. The first kappa shape index (κ1) is 17.9. The number of hydrogen-bond donors (Lipinski definition) is 1. The van der Waals surface area contributed by atoms with Crippen LogP contribution in [0.4, 0.5) is 5.82 Å². The van der Waals surface area contributed by atoms with Gasteiger partial charge in [-0.1, -0.05) is 67.9 Å². The number of carbonyl (C=O) groups is 1. The lowest BCUT2D eigenvalue weighted by molar-refractivity contribution is -0.115. The Morgan fingerprint density at radius 1 is 1.00 bits per heavy atom. The van der Waals surface area contributed by atoms with E-state index in [9.17, 15) is 4.79 Å². The van der Waals surface area contributed by atoms with Gasteiger partial charge in [-0.3, -0.25) is 9.48 Å². The summed E-state index contributed by atoms with van der Waals surface area (Å²) in [5, 5.41) is 7.30. The lowest BCUT2D eigenvalue weighted by Crippen LogP contribution is -2.15. The van der Waals surface area contributed by atoms with E-state index in [2.05, 4.69) is 67.6 Å². The van der Waals surface area contributed by atoms with Crippen molar-refractivity contribution in [3.63, 3.8) is 0 Å². The van der Waals surface area contributed by atoms with Crippen molar-refractivity contribution in [2.75, 3.05) is 5.32 Å². The van der Waals surface area contributed by atoms with Crippen LogP contribution in [-0.2, 0) is 17.8 Å². The van der Waals surface area contributed by atoms with E-state index in [1.165, 1.54) is 16.7 Å². The van der Waals surface area contributed by atoms with Crippen molar-refractivity contribution in [3.8, 4) is 0 Å². The summed E-state index contributed by atoms with van der Waals surface area (Å²) in [7, 11) is 0. The zero-order valence-electron chi connectivity index (χ0n) is 15.6. The van der Waals surface area contributed by atoms with Crippen molar-refractivity contribution in [2.24, 2.45) is 0 Å². The van der Waals surface area contributed by atoms with Gasteiger partial charge in [0.1, 0.15) is 0 Å². The van der Waals surface area contributed by atoms with Gasteiger partial charge in [-0.25, -0.2) is 0 Å². The SMILES string of the molecule is Cc1ccc(Cn2ccc(NC(=O)Cc3ccc(C(C)C)cc3)n2)cc1. The highest BCUT2D eigenvalue weighted by molar-refractivity contribution is 5.91. The van der Waals surface area contributed by atoms with Crippen molar-refractivity contribution in [1.29, 1.82) is 0 Å². The molecule has 3 rings (SSSR count). The third kappa shape index (κ3) is 4.82. The van der Waals surface area contributed by atoms with Crippen LogP contribution in [0.3, 0.4) is 0 Å². The minimum Gasteiger partial charge on any atom is -0.309 e. The highest BCUT2D eigenvalue weighted by Gasteiger charge is 2.07. The maximum atomic E-state index is 12.2. The van der Waals surface area contributed by atoms with E-state index in [1.54, 1.807) is 0 Å². The molecule has 134 valence electrons. The van der Waals surface area contributed by atoms with Crippen LogP contribution in [0, 0.1) is 6.92 Å². The largest absolute Gasteiger partial charge is 0.309 e. The van der Waals surface area contributed by atoms with E-state index in [0.717, 1.165) is 5.56 Å². The monoisotopic (exact) mass is 347 g/mol. The topological polar surface area (TPSA) is 46.9 Å². The van der Waals surface area contributed by atoms with Crippen LogP contribution >= 0.6 is 0 Å². The molecule has 1 N–H and O–H groups in total. The smallest absolute Gasteiger partial charge is 0.229 e. The van der Waals surface area contributed by atoms with Gasteiger partial charge in [0, 0.05) is 12.3 Å². The summed E-state index contributed by atoms with van der Waals surface area (Å²) in [6, 6.07) is 18.4. The molecule has 3 aromatic rings. The second kappa shape index (κ2) is 8.00. The molecule has 1 heterocycles. The molecule has 4 heteroatoms. The van der Waals surface area contributed by atoms with Gasteiger partial charge in [-0.2, -0.15) is 5.10 Å². The molecule has 0 atom stereocenters. The van der Waals surface area contributed by atoms with Gasteiger partial charge in [0.25, 0.3) is 0 Å². The number of aryl methyl sites for hydroxylation is 1. The van der Waals surface area contributed by atoms with Crippen LogP contribution in [-0.4, -0.2) is 15.7 Å². The molecule has 0 aliphatic heterocycles. The summed E-state index contributed by atoms with van der Waals surface area (Å²) < 4.78 is 1.83. The molecule has 0 bridgehead atoms. The molecular weight excluding hydrogens is 322 g/mol. The first-order chi connectivity index (χ1) is 12.5. The van der Waals surface area contributed by atoms with Gasteiger partial charge >= 0.3 is 0 Å². The van der Waals surface area contributed by atoms with Gasteiger partial charge in [0.15, 0.2) is 5.82 Å². The van der Waals surface area contributed by atoms with Crippen molar-refractivity contribution < 1.29 is 4.79 Å². The summed E-state index contributed by atoms with van der Waals surface area (Å²) in [5.74, 6) is 1.03. The molecule has 0 fully saturated rings. The minimum absolute atomic E-state index is 0.0529. The predicted octanol–water partition coefficient (Wildman–Crippen LogP) is 4.54. The molecule has 0 aliphatic rings. The highest BCUT2D eigenvalue weighted by Crippen LogP contribution is 2.15. The Balaban J connectivity index is 1.56. The Hall–Kier alpha value is -2.88. The first-order valence-electron chi connectivity index (χ1n) is 8.97. The van der Waals surface area contributed by atoms with Crippen LogP contribution in [0.2, 0.25) is 0 Å². The number of nitrogens with one attached hydrogen (secondary N) is 1. The molecular formula is C22H25N3O. The number of carbonyl (C=O) groups excluding carboxylic acids is 1. The van der Waals surface area contributed by atoms with E-state index < -0.39 is 0 Å². The Morgan fingerprint density at radius 2 is 1.65 bits per heavy atom. The number of amides is 1. The number of anilines is 1. The first-order valence-corrected chi connectivity index (χ1v) is 8.97. The maximum absolute atomic E-state index is 12.2. The van der Waals surface area contributed by atoms with Gasteiger partial charge in [0.05, 0.1) is 13.0 Å². The van der Waals surface area contributed by atoms with Crippen molar-refractivity contribution in [2.45, 2.75) is 39.7 Å². The minimum atomic E-state index is -0.0529. The summed E-state index contributed by atoms with van der Waals surface area (Å²) >= 11 is 0. The van der Waals surface area contributed by atoms with Crippen molar-refractivity contribution in [3.05, 3.63) is 83.0 Å². The molecule has 4 nitrogen and oxygen atoms in total. The third-order valence-electron chi connectivity index (χ3n) is 4.38. The number of rotatable bonds is 6. The van der Waals surface area contributed by atoms with Gasteiger partial charge in [-0.05, 0) is 29.5 Å². The van der Waals surface area contributed by atoms with Crippen molar-refractivity contribution >= 4 is 11.7 Å². The lowest BCUT2D eigenvalue weighted by Gasteiger charge is -2.07. The molecule has 0 unspecified atom stereocenters. The van der Waals surface area contributed by atoms with Crippen molar-refractivity contribution in [1.82, 2.24) is 9.78 Å². The van der Waals surface area contributed by atoms with E-state index in [-0.39, 0.29) is 5.91 Å². The summed E-state index contributed by atoms with van der Waals surface area (Å²) in [6.07, 6.45) is 2.23. The van der Waals surface area contributed by atoms with E-state index >= 15 is 0 Å². The fraction of sp³-hybridized carbons (Fsp3) is 0.273. The molecule has 0 radical (unpaired) electrons. The van der Waals surface area contributed by atoms with Gasteiger partial charge < -0.3 is 5.32 Å². The van der Waals surface area contributed by atoms with Gasteiger partial charge in [0.2, 0.25) is 5.91 Å². The zero-order chi connectivity index (χ0) is 18.5. The Kier molecular flexibility index (Phi) is 5.52. The number of nitrogens with zero attached hydrogens (tertiary/aromatic N) is 2. The number of benzene rings is 2. The maximum Gasteiger partial charge on any atom is 0.229 e. The Bertz CT molecular complexity index is 861. The lowest BCUT2D eigenvalue weighted by atomic mass is 10.0. The summed E-state index contributed by atoms with van der Waals surface area (Å²) in [5.41, 5.74) is 4.71. The van der Waals surface area contributed by atoms with E-state index in [1.807, 2.05) is 29.1 Å². The third-order valence-corrected chi connectivity index (χ3v) is 4.38. The van der Waals surface area contributed by atoms with Crippen LogP contribution in [0.5, 0.6) is 0 Å². The summed E-state index contributed by atoms with van der Waals surface area (Å²) in [6.45, 7) is 7.08. The van der Waals surface area contributed by atoms with Crippen LogP contribution in [0.15, 0.2) is 60.8 Å². The Morgan fingerprint density at radius 3 is 2.31 bits per heavy atom. The molecule has 2 aromatic carbocycles. The average Bonchev–Trinajstić information content (AvgIpc) is 3.04. The fourth-order valence-corrected chi connectivity index (χ4v) is 2.79. The second-order valence-electron chi connectivity index (χ2n) is 7.01. The van der Waals surface area contributed by atoms with E-state index in [0.29, 0.717) is 24.7 Å². The van der Waals surface area contributed by atoms with Crippen LogP contribution in [0.25, 0.3) is 0 Å². The van der Waals surface area contributed by atoms with E-state index in [4.69, 9.17) is 0 Å². The fourth-order valence-electron chi connectivity index (χ4n) is 2.79. The second-order valence-corrected chi connectivity index (χ2v) is 7.01. The summed E-state index contributed by atoms with van der Waals surface area (Å²) in [4.78, 5) is 12.2. The predicted molar refractivity (Wildman–Crippen MR) is 105 cm³/mol. The van der Waals surface area contributed by atoms with Crippen LogP contribution in [0.1, 0.15) is 42.0 Å². The quantitative estimate of drug-likeness (QED) is 0.711. The highest BCUT2D eigenvalue weighted by atomic mass is 16.1. The molecule has 26 heavy (non-hydrogen) atoms. The Labute approximate surface area is 154 Å². The number of aromatic nitrogens is 2. The normalized spacial score (nSPS) is 10.9. The molecule has 0 saturated carbocycles. The molecule has 1 aromatic heterocycles. The van der Waals surface area contributed by atoms with Crippen LogP contribution < -0.4 is 5.32 Å². The average molecular weight is 347 g/mol. The molecule has 0 saturated heterocycles. The zero-order valence-corrected chi connectivity index (χ0v) is 15.6. The number of hydrogen-bond acceptors (Lipinski definition) is 2. The molecule has 0 aliphatic carbocycles.